The molecule has 0 aliphatic heterocycles. The van der Waals surface area contributed by atoms with Crippen LogP contribution in [0.3, 0.4) is 0 Å². The van der Waals surface area contributed by atoms with Gasteiger partial charge in [0.05, 0.1) is 7.11 Å². The second kappa shape index (κ2) is 5.06. The average molecular weight is 204 g/mol. The van der Waals surface area contributed by atoms with Crippen LogP contribution in [0.15, 0.2) is 18.2 Å². The van der Waals surface area contributed by atoms with Gasteiger partial charge in [0.2, 0.25) is 0 Å². The summed E-state index contributed by atoms with van der Waals surface area (Å²) in [5.74, 6) is 5.28. The molecule has 0 spiro atoms. The van der Waals surface area contributed by atoms with E-state index in [0.717, 1.165) is 5.56 Å². The van der Waals surface area contributed by atoms with Gasteiger partial charge in [0.25, 0.3) is 0 Å². The van der Waals surface area contributed by atoms with Crippen molar-refractivity contribution in [1.29, 1.82) is 0 Å². The molecule has 0 radical (unpaired) electrons. The van der Waals surface area contributed by atoms with Crippen LogP contribution in [0.25, 0.3) is 0 Å². The van der Waals surface area contributed by atoms with E-state index in [1.165, 1.54) is 7.11 Å². The Bertz CT molecular complexity index is 424. The Morgan fingerprint density at radius 1 is 1.53 bits per heavy atom. The number of phenols is 1. The third-order valence-corrected chi connectivity index (χ3v) is 1.90. The molecule has 0 unspecified atom stereocenters. The number of rotatable bonds is 1. The summed E-state index contributed by atoms with van der Waals surface area (Å²) in [4.78, 5) is 10.7. The Morgan fingerprint density at radius 2 is 2.27 bits per heavy atom. The molecule has 0 aromatic heterocycles. The molecule has 0 aliphatic rings. The highest BCUT2D eigenvalue weighted by atomic mass is 16.5. The number of carbonyl (C=O) groups is 1. The lowest BCUT2D eigenvalue weighted by Gasteiger charge is -1.97. The van der Waals surface area contributed by atoms with E-state index in [2.05, 4.69) is 16.6 Å². The number of carbonyl (C=O) groups excluding carboxylic acids is 1. The maximum atomic E-state index is 10.7. The third kappa shape index (κ3) is 3.35. The number of benzene rings is 1. The zero-order chi connectivity index (χ0) is 11.3. The van der Waals surface area contributed by atoms with Crippen LogP contribution in [0.4, 0.5) is 0 Å². The van der Waals surface area contributed by atoms with Gasteiger partial charge in [-0.15, -0.1) is 0 Å². The lowest BCUT2D eigenvalue weighted by Crippen LogP contribution is -1.96. The number of methoxy groups -OCH3 is 1. The lowest BCUT2D eigenvalue weighted by atomic mass is 10.1. The summed E-state index contributed by atoms with van der Waals surface area (Å²) < 4.78 is 4.44. The molecule has 0 atom stereocenters. The Hall–Kier alpha value is -1.95. The monoisotopic (exact) mass is 204 g/mol. The fourth-order valence-corrected chi connectivity index (χ4v) is 0.978. The topological polar surface area (TPSA) is 46.5 Å². The predicted molar refractivity (Wildman–Crippen MR) is 56.4 cm³/mol. The summed E-state index contributed by atoms with van der Waals surface area (Å²) >= 11 is 0. The molecule has 0 amide bonds. The molecule has 1 rings (SSSR count). The van der Waals surface area contributed by atoms with Crippen LogP contribution >= 0.6 is 0 Å². The molecule has 1 N–H and O–H groups in total. The number of aryl methyl sites for hydroxylation is 1. The maximum absolute atomic E-state index is 10.7. The van der Waals surface area contributed by atoms with E-state index in [-0.39, 0.29) is 18.1 Å². The molecule has 3 heteroatoms. The van der Waals surface area contributed by atoms with E-state index in [4.69, 9.17) is 0 Å². The summed E-state index contributed by atoms with van der Waals surface area (Å²) in [5.41, 5.74) is 1.48. The van der Waals surface area contributed by atoms with Crippen molar-refractivity contribution in [3.63, 3.8) is 0 Å². The van der Waals surface area contributed by atoms with Gasteiger partial charge in [-0.05, 0) is 24.6 Å². The summed E-state index contributed by atoms with van der Waals surface area (Å²) in [6, 6.07) is 5.14. The second-order valence-corrected chi connectivity index (χ2v) is 3.06. The summed E-state index contributed by atoms with van der Waals surface area (Å²) in [6.07, 6.45) is 0.0607. The molecular formula is C12H12O3. The lowest BCUT2D eigenvalue weighted by molar-refractivity contribution is -0.139. The van der Waals surface area contributed by atoms with Crippen LogP contribution in [-0.2, 0) is 9.53 Å². The van der Waals surface area contributed by atoms with Crippen molar-refractivity contribution < 1.29 is 14.6 Å². The highest BCUT2D eigenvalue weighted by Gasteiger charge is 1.96. The van der Waals surface area contributed by atoms with E-state index in [0.29, 0.717) is 5.56 Å². The summed E-state index contributed by atoms with van der Waals surface area (Å²) in [7, 11) is 1.32. The highest BCUT2D eigenvalue weighted by Crippen LogP contribution is 2.16. The molecule has 15 heavy (non-hydrogen) atoms. The van der Waals surface area contributed by atoms with Crippen molar-refractivity contribution in [3.05, 3.63) is 29.3 Å². The van der Waals surface area contributed by atoms with Crippen molar-refractivity contribution >= 4 is 5.97 Å². The Labute approximate surface area is 88.7 Å². The first-order chi connectivity index (χ1) is 7.13. The first-order valence-electron chi connectivity index (χ1n) is 4.49. The maximum Gasteiger partial charge on any atom is 0.317 e. The standard InChI is InChI=1S/C12H12O3/c1-9-6-7-10(8-11(9)13)4-3-5-12(14)15-2/h6-8,13H,5H2,1-2H3. The fourth-order valence-electron chi connectivity index (χ4n) is 0.978. The fraction of sp³-hybridized carbons (Fsp3) is 0.250. The summed E-state index contributed by atoms with van der Waals surface area (Å²) in [5, 5.41) is 9.40. The Balaban J connectivity index is 2.72. The van der Waals surface area contributed by atoms with Gasteiger partial charge in [0.1, 0.15) is 12.2 Å². The van der Waals surface area contributed by atoms with E-state index in [1.54, 1.807) is 25.1 Å². The highest BCUT2D eigenvalue weighted by molar-refractivity contribution is 5.72. The predicted octanol–water partition coefficient (Wildman–Crippen LogP) is 1.62. The van der Waals surface area contributed by atoms with Gasteiger partial charge >= 0.3 is 5.97 Å². The second-order valence-electron chi connectivity index (χ2n) is 3.06. The quantitative estimate of drug-likeness (QED) is 0.558. The Kier molecular flexibility index (Phi) is 3.75. The van der Waals surface area contributed by atoms with Crippen molar-refractivity contribution in [1.82, 2.24) is 0 Å². The molecule has 78 valence electrons. The third-order valence-electron chi connectivity index (χ3n) is 1.90. The van der Waals surface area contributed by atoms with Crippen LogP contribution in [0.2, 0.25) is 0 Å². The van der Waals surface area contributed by atoms with Gasteiger partial charge in [-0.1, -0.05) is 17.9 Å². The van der Waals surface area contributed by atoms with Gasteiger partial charge in [-0.25, -0.2) is 0 Å². The number of aromatic hydroxyl groups is 1. The van der Waals surface area contributed by atoms with E-state index < -0.39 is 0 Å². The normalized spacial score (nSPS) is 8.93. The van der Waals surface area contributed by atoms with Crippen molar-refractivity contribution in [2.24, 2.45) is 0 Å². The zero-order valence-electron chi connectivity index (χ0n) is 8.70. The first-order valence-corrected chi connectivity index (χ1v) is 4.49. The zero-order valence-corrected chi connectivity index (χ0v) is 8.70. The van der Waals surface area contributed by atoms with Crippen LogP contribution in [-0.4, -0.2) is 18.2 Å². The SMILES string of the molecule is COC(=O)CC#Cc1ccc(C)c(O)c1. The van der Waals surface area contributed by atoms with Crippen LogP contribution in [0.1, 0.15) is 17.5 Å². The van der Waals surface area contributed by atoms with Gasteiger partial charge < -0.3 is 9.84 Å². The van der Waals surface area contributed by atoms with Gasteiger partial charge in [0.15, 0.2) is 0 Å². The minimum absolute atomic E-state index is 0.0607. The van der Waals surface area contributed by atoms with E-state index in [9.17, 15) is 9.90 Å². The first kappa shape index (κ1) is 11.1. The van der Waals surface area contributed by atoms with Crippen molar-refractivity contribution in [2.75, 3.05) is 7.11 Å². The molecule has 1 aromatic rings. The molecule has 0 bridgehead atoms. The molecule has 0 saturated carbocycles. The largest absolute Gasteiger partial charge is 0.508 e. The molecule has 1 aromatic carbocycles. The van der Waals surface area contributed by atoms with Crippen LogP contribution in [0.5, 0.6) is 5.75 Å². The minimum atomic E-state index is -0.362. The van der Waals surface area contributed by atoms with E-state index in [1.807, 2.05) is 0 Å². The molecule has 3 nitrogen and oxygen atoms in total. The summed E-state index contributed by atoms with van der Waals surface area (Å²) in [6.45, 7) is 1.81. The smallest absolute Gasteiger partial charge is 0.317 e. The molecule has 0 fully saturated rings. The number of hydrogen-bond acceptors (Lipinski definition) is 3. The molecule has 0 aliphatic carbocycles. The van der Waals surface area contributed by atoms with Crippen molar-refractivity contribution in [2.45, 2.75) is 13.3 Å². The number of hydrogen-bond donors (Lipinski definition) is 1. The van der Waals surface area contributed by atoms with E-state index >= 15 is 0 Å². The number of ether oxygens (including phenoxy) is 1. The Morgan fingerprint density at radius 3 is 2.87 bits per heavy atom. The van der Waals surface area contributed by atoms with Crippen LogP contribution < -0.4 is 0 Å². The van der Waals surface area contributed by atoms with Gasteiger partial charge in [-0.3, -0.25) is 4.79 Å². The molecule has 0 saturated heterocycles. The molecular weight excluding hydrogens is 192 g/mol. The van der Waals surface area contributed by atoms with Crippen molar-refractivity contribution in [3.8, 4) is 17.6 Å². The van der Waals surface area contributed by atoms with Gasteiger partial charge in [0, 0.05) is 5.56 Å². The number of esters is 1. The van der Waals surface area contributed by atoms with Gasteiger partial charge in [-0.2, -0.15) is 0 Å². The average Bonchev–Trinajstić information content (AvgIpc) is 2.23. The minimum Gasteiger partial charge on any atom is -0.508 e. The van der Waals surface area contributed by atoms with Crippen LogP contribution in [0, 0.1) is 18.8 Å². The number of phenolic OH excluding ortho intramolecular Hbond substituents is 1. The molecule has 0 heterocycles.